The van der Waals surface area contributed by atoms with Crippen LogP contribution in [0.2, 0.25) is 0 Å². The van der Waals surface area contributed by atoms with Gasteiger partial charge < -0.3 is 10.3 Å². The van der Waals surface area contributed by atoms with Crippen molar-refractivity contribution in [1.82, 2.24) is 14.3 Å². The molecule has 0 saturated heterocycles. The van der Waals surface area contributed by atoms with Gasteiger partial charge in [0.05, 0.1) is 22.5 Å². The molecule has 0 aliphatic heterocycles. The molecule has 2 aromatic heterocycles. The van der Waals surface area contributed by atoms with Gasteiger partial charge in [0, 0.05) is 17.6 Å². The summed E-state index contributed by atoms with van der Waals surface area (Å²) in [5.74, 6) is -1.27. The summed E-state index contributed by atoms with van der Waals surface area (Å²) in [4.78, 5) is 16.3. The molecule has 0 bridgehead atoms. The number of nitrogens with one attached hydrogen (secondary N) is 1. The number of nitrogens with two attached hydrogens (primary N) is 1. The first-order valence-electron chi connectivity index (χ1n) is 11.6. The molecule has 0 radical (unpaired) electrons. The number of carbonyl (C=O) groups is 1. The molecule has 3 N–H and O–H groups in total. The first-order valence-corrected chi connectivity index (χ1v) is 13.0. The molecule has 0 unspecified atom stereocenters. The van der Waals surface area contributed by atoms with Crippen molar-refractivity contribution in [3.63, 3.8) is 0 Å². The number of benzene rings is 1. The summed E-state index contributed by atoms with van der Waals surface area (Å²) in [6.07, 6.45) is 0.175. The van der Waals surface area contributed by atoms with Crippen LogP contribution in [0.4, 0.5) is 17.6 Å². The van der Waals surface area contributed by atoms with Crippen molar-refractivity contribution in [3.8, 4) is 11.4 Å². The molecule has 0 spiro atoms. The van der Waals surface area contributed by atoms with Gasteiger partial charge in [-0.3, -0.25) is 9.78 Å². The molecule has 3 aromatic rings. The van der Waals surface area contributed by atoms with Crippen molar-refractivity contribution < 1.29 is 30.8 Å². The van der Waals surface area contributed by atoms with E-state index in [1.807, 2.05) is 11.5 Å². The molecule has 1 saturated carbocycles. The average molecular weight is 527 g/mol. The number of alkyl halides is 3. The zero-order valence-electron chi connectivity index (χ0n) is 19.7. The first-order chi connectivity index (χ1) is 16.8. The predicted octanol–water partition coefficient (Wildman–Crippen LogP) is 4.85. The van der Waals surface area contributed by atoms with E-state index in [4.69, 9.17) is 5.73 Å². The van der Waals surface area contributed by atoms with Crippen LogP contribution in [0.5, 0.6) is 0 Å². The molecule has 4 rings (SSSR count). The minimum atomic E-state index is -4.76. The largest absolute Gasteiger partial charge is 0.404 e. The van der Waals surface area contributed by atoms with Crippen LogP contribution in [-0.2, 0) is 16.4 Å². The van der Waals surface area contributed by atoms with E-state index in [0.29, 0.717) is 35.5 Å². The SMILES string of the molecule is CCc1cc2c(cc1F)c(C(N)=O)c(-c1ccc(S(=O)(=O)N[C@@H](C)C(F)(F)F)cn1)n2C1CCCC1. The molecule has 36 heavy (non-hydrogen) atoms. The fourth-order valence-corrected chi connectivity index (χ4v) is 5.91. The number of hydrogen-bond donors (Lipinski definition) is 2. The number of fused-ring (bicyclic) bond motifs is 1. The number of nitrogens with zero attached hydrogens (tertiary/aromatic N) is 2. The number of aromatic nitrogens is 2. The van der Waals surface area contributed by atoms with Crippen molar-refractivity contribution in [2.75, 3.05) is 0 Å². The fourth-order valence-electron chi connectivity index (χ4n) is 4.73. The van der Waals surface area contributed by atoms with Crippen LogP contribution in [-0.4, -0.2) is 36.1 Å². The lowest BCUT2D eigenvalue weighted by Gasteiger charge is -2.19. The van der Waals surface area contributed by atoms with Gasteiger partial charge in [-0.15, -0.1) is 0 Å². The highest BCUT2D eigenvalue weighted by atomic mass is 32.2. The van der Waals surface area contributed by atoms with Crippen LogP contribution in [0, 0.1) is 5.82 Å². The number of pyridine rings is 1. The minimum absolute atomic E-state index is 0.00900. The lowest BCUT2D eigenvalue weighted by Crippen LogP contribution is -2.42. The third-order valence-electron chi connectivity index (χ3n) is 6.60. The third-order valence-corrected chi connectivity index (χ3v) is 8.13. The van der Waals surface area contributed by atoms with Gasteiger partial charge in [-0.25, -0.2) is 12.8 Å². The molecule has 1 aliphatic carbocycles. The van der Waals surface area contributed by atoms with Crippen molar-refractivity contribution in [1.29, 1.82) is 0 Å². The van der Waals surface area contributed by atoms with Gasteiger partial charge in [0.2, 0.25) is 10.0 Å². The zero-order chi connectivity index (χ0) is 26.4. The van der Waals surface area contributed by atoms with Crippen LogP contribution in [0.25, 0.3) is 22.3 Å². The van der Waals surface area contributed by atoms with E-state index in [-0.39, 0.29) is 17.3 Å². The normalized spacial score (nSPS) is 16.1. The Balaban J connectivity index is 1.89. The van der Waals surface area contributed by atoms with Crippen molar-refractivity contribution in [2.24, 2.45) is 5.73 Å². The number of aryl methyl sites for hydroxylation is 1. The van der Waals surface area contributed by atoms with Crippen molar-refractivity contribution in [2.45, 2.75) is 69.1 Å². The predicted molar refractivity (Wildman–Crippen MR) is 126 cm³/mol. The van der Waals surface area contributed by atoms with Crippen LogP contribution in [0.1, 0.15) is 61.5 Å². The Kier molecular flexibility index (Phi) is 6.86. The van der Waals surface area contributed by atoms with Crippen molar-refractivity contribution >= 4 is 26.8 Å². The molecule has 2 heterocycles. The van der Waals surface area contributed by atoms with E-state index in [0.717, 1.165) is 37.9 Å². The van der Waals surface area contributed by atoms with E-state index in [1.54, 1.807) is 10.8 Å². The Hall–Kier alpha value is -2.99. The molecule has 1 fully saturated rings. The zero-order valence-corrected chi connectivity index (χ0v) is 20.5. The number of hydrogen-bond acceptors (Lipinski definition) is 4. The second-order valence-corrected chi connectivity index (χ2v) is 10.7. The number of primary amides is 1. The first kappa shape index (κ1) is 26.1. The van der Waals surface area contributed by atoms with Gasteiger partial charge in [-0.2, -0.15) is 17.9 Å². The summed E-state index contributed by atoms with van der Waals surface area (Å²) in [5.41, 5.74) is 7.43. The Labute approximate surface area is 205 Å². The molecule has 1 amide bonds. The smallest absolute Gasteiger partial charge is 0.366 e. The summed E-state index contributed by atoms with van der Waals surface area (Å²) in [7, 11) is -4.51. The highest BCUT2D eigenvalue weighted by molar-refractivity contribution is 7.89. The van der Waals surface area contributed by atoms with Gasteiger partial charge >= 0.3 is 6.18 Å². The lowest BCUT2D eigenvalue weighted by molar-refractivity contribution is -0.147. The van der Waals surface area contributed by atoms with E-state index >= 15 is 0 Å². The topological polar surface area (TPSA) is 107 Å². The monoisotopic (exact) mass is 526 g/mol. The van der Waals surface area contributed by atoms with Gasteiger partial charge in [0.25, 0.3) is 5.91 Å². The minimum Gasteiger partial charge on any atom is -0.366 e. The molecule has 1 aliphatic rings. The van der Waals surface area contributed by atoms with Crippen LogP contribution >= 0.6 is 0 Å². The summed E-state index contributed by atoms with van der Waals surface area (Å²) in [6.45, 7) is 2.51. The summed E-state index contributed by atoms with van der Waals surface area (Å²) >= 11 is 0. The standard InChI is InChI=1S/C24H26F4N4O3S/c1-3-14-10-20-17(11-18(14)25)21(23(29)33)22(32(20)15-6-4-5-7-15)19-9-8-16(12-30-19)36(34,35)31-13(2)24(26,27)28/h8-13,15,31H,3-7H2,1-2H3,(H2,29,33)/t13-/m0/s1. The average Bonchev–Trinajstić information content (AvgIpc) is 3.43. The van der Waals surface area contributed by atoms with E-state index in [9.17, 15) is 30.8 Å². The maximum Gasteiger partial charge on any atom is 0.404 e. The Morgan fingerprint density at radius 1 is 1.25 bits per heavy atom. The molecular weight excluding hydrogens is 500 g/mol. The van der Waals surface area contributed by atoms with Crippen LogP contribution in [0.15, 0.2) is 35.4 Å². The van der Waals surface area contributed by atoms with Crippen LogP contribution in [0.3, 0.4) is 0 Å². The van der Waals surface area contributed by atoms with Gasteiger partial charge in [-0.05, 0) is 56.0 Å². The number of rotatable bonds is 7. The maximum atomic E-state index is 14.7. The summed E-state index contributed by atoms with van der Waals surface area (Å²) in [6, 6.07) is 3.11. The Morgan fingerprint density at radius 3 is 2.44 bits per heavy atom. The second-order valence-electron chi connectivity index (χ2n) is 8.97. The van der Waals surface area contributed by atoms with Gasteiger partial charge in [0.15, 0.2) is 0 Å². The summed E-state index contributed by atoms with van der Waals surface area (Å²) < 4.78 is 81.7. The van der Waals surface area contributed by atoms with E-state index < -0.39 is 38.9 Å². The maximum absolute atomic E-state index is 14.7. The Bertz CT molecular complexity index is 1410. The molecule has 1 aromatic carbocycles. The number of carbonyl (C=O) groups excluding carboxylic acids is 1. The molecule has 7 nitrogen and oxygen atoms in total. The quantitative estimate of drug-likeness (QED) is 0.429. The summed E-state index contributed by atoms with van der Waals surface area (Å²) in [5, 5.41) is 0.332. The molecule has 1 atom stereocenters. The highest BCUT2D eigenvalue weighted by Gasteiger charge is 2.39. The highest BCUT2D eigenvalue weighted by Crippen LogP contribution is 2.41. The number of amides is 1. The molecule has 194 valence electrons. The van der Waals surface area contributed by atoms with Crippen molar-refractivity contribution in [3.05, 3.63) is 47.4 Å². The molecular formula is C24H26F4N4O3S. The Morgan fingerprint density at radius 2 is 1.92 bits per heavy atom. The van der Waals surface area contributed by atoms with Gasteiger partial charge in [-0.1, -0.05) is 19.8 Å². The lowest BCUT2D eigenvalue weighted by atomic mass is 10.0. The molecule has 12 heteroatoms. The van der Waals surface area contributed by atoms with E-state index in [2.05, 4.69) is 4.98 Å². The van der Waals surface area contributed by atoms with Crippen LogP contribution < -0.4 is 10.5 Å². The number of sulfonamides is 1. The fraction of sp³-hybridized carbons (Fsp3) is 0.417. The number of halogens is 4. The van der Waals surface area contributed by atoms with E-state index in [1.165, 1.54) is 12.1 Å². The van der Waals surface area contributed by atoms with Gasteiger partial charge in [0.1, 0.15) is 16.8 Å². The second kappa shape index (κ2) is 9.47. The third kappa shape index (κ3) is 4.71.